The third-order valence-corrected chi connectivity index (χ3v) is 6.49. The summed E-state index contributed by atoms with van der Waals surface area (Å²) in [6, 6.07) is 27.3. The second-order valence-corrected chi connectivity index (χ2v) is 8.97. The van der Waals surface area contributed by atoms with E-state index in [0.29, 0.717) is 5.02 Å². The minimum Gasteiger partial charge on any atom is -0.460 e. The van der Waals surface area contributed by atoms with E-state index in [1.165, 1.54) is 18.1 Å². The second-order valence-electron chi connectivity index (χ2n) is 7.57. The molecule has 0 atom stereocenters. The van der Waals surface area contributed by atoms with Crippen LogP contribution >= 0.6 is 23.4 Å². The molecule has 0 N–H and O–H groups in total. The molecular weight excluding hydrogens is 466 g/mol. The molecule has 0 saturated heterocycles. The first-order chi connectivity index (χ1) is 16.7. The molecule has 168 valence electrons. The van der Waals surface area contributed by atoms with E-state index in [2.05, 4.69) is 9.97 Å². The van der Waals surface area contributed by atoms with Gasteiger partial charge in [-0.2, -0.15) is 0 Å². The maximum absolute atomic E-state index is 12.4. The number of ether oxygens (including phenoxy) is 1. The van der Waals surface area contributed by atoms with E-state index >= 15 is 0 Å². The van der Waals surface area contributed by atoms with E-state index in [-0.39, 0.29) is 18.3 Å². The number of carbonyl (C=O) groups is 1. The zero-order chi connectivity index (χ0) is 23.3. The number of nitrogens with zero attached hydrogens (tertiary/aromatic N) is 3. The molecule has 7 heteroatoms. The molecule has 0 spiro atoms. The molecular formula is C27H20ClN3O2S. The molecule has 0 radical (unpaired) electrons. The molecule has 5 nitrogen and oxygen atoms in total. The zero-order valence-corrected chi connectivity index (χ0v) is 19.7. The van der Waals surface area contributed by atoms with E-state index in [4.69, 9.17) is 16.3 Å². The molecule has 0 bridgehead atoms. The van der Waals surface area contributed by atoms with Gasteiger partial charge in [-0.3, -0.25) is 4.79 Å². The van der Waals surface area contributed by atoms with E-state index in [9.17, 15) is 4.79 Å². The number of thioether (sulfide) groups is 1. The Morgan fingerprint density at radius 3 is 2.47 bits per heavy atom. The molecule has 2 heterocycles. The van der Waals surface area contributed by atoms with Crippen LogP contribution < -0.4 is 0 Å². The van der Waals surface area contributed by atoms with Gasteiger partial charge in [0, 0.05) is 22.5 Å². The Bertz CT molecular complexity index is 1440. The summed E-state index contributed by atoms with van der Waals surface area (Å²) < 4.78 is 7.44. The summed E-state index contributed by atoms with van der Waals surface area (Å²) in [6.07, 6.45) is 3.56. The highest BCUT2D eigenvalue weighted by Crippen LogP contribution is 2.37. The highest BCUT2D eigenvalue weighted by Gasteiger charge is 2.18. The van der Waals surface area contributed by atoms with Crippen molar-refractivity contribution in [3.63, 3.8) is 0 Å². The van der Waals surface area contributed by atoms with E-state index < -0.39 is 0 Å². The van der Waals surface area contributed by atoms with Gasteiger partial charge >= 0.3 is 5.97 Å². The molecule has 2 aromatic heterocycles. The molecule has 0 saturated carbocycles. The molecule has 0 aliphatic rings. The number of benzene rings is 3. The van der Waals surface area contributed by atoms with Crippen LogP contribution in [0.25, 0.3) is 27.8 Å². The van der Waals surface area contributed by atoms with Crippen LogP contribution in [0.3, 0.4) is 0 Å². The van der Waals surface area contributed by atoms with Gasteiger partial charge in [0.15, 0.2) is 0 Å². The molecule has 34 heavy (non-hydrogen) atoms. The maximum atomic E-state index is 12.4. The minimum atomic E-state index is -0.295. The number of halogens is 1. The Morgan fingerprint density at radius 2 is 1.71 bits per heavy atom. The van der Waals surface area contributed by atoms with Gasteiger partial charge in [-0.1, -0.05) is 90.1 Å². The van der Waals surface area contributed by atoms with Gasteiger partial charge in [0.1, 0.15) is 23.6 Å². The standard InChI is InChI=1S/C27H20ClN3O2S/c28-21-12-7-13-22(14-21)31-15-23(20-10-5-2-6-11-20)25-26(31)29-18-30-27(25)34-17-24(32)33-16-19-8-3-1-4-9-19/h1-15,18H,16-17H2. The van der Waals surface area contributed by atoms with Crippen LogP contribution in [-0.4, -0.2) is 26.3 Å². The van der Waals surface area contributed by atoms with Crippen molar-refractivity contribution < 1.29 is 9.53 Å². The van der Waals surface area contributed by atoms with Crippen LogP contribution in [0, 0.1) is 0 Å². The lowest BCUT2D eigenvalue weighted by Gasteiger charge is -2.07. The van der Waals surface area contributed by atoms with Crippen LogP contribution in [0.4, 0.5) is 0 Å². The first-order valence-electron chi connectivity index (χ1n) is 10.7. The first kappa shape index (κ1) is 22.2. The SMILES string of the molecule is O=C(CSc1ncnc2c1c(-c1ccccc1)cn2-c1cccc(Cl)c1)OCc1ccccc1. The van der Waals surface area contributed by atoms with Crippen molar-refractivity contribution in [2.75, 3.05) is 5.75 Å². The molecule has 0 aliphatic carbocycles. The third kappa shape index (κ3) is 4.83. The maximum Gasteiger partial charge on any atom is 0.316 e. The van der Waals surface area contributed by atoms with Gasteiger partial charge in [-0.25, -0.2) is 9.97 Å². The Balaban J connectivity index is 1.48. The summed E-state index contributed by atoms with van der Waals surface area (Å²) in [5.74, 6) is -0.147. The number of carbonyl (C=O) groups excluding carboxylic acids is 1. The van der Waals surface area contributed by atoms with Gasteiger partial charge < -0.3 is 9.30 Å². The predicted molar refractivity (Wildman–Crippen MR) is 136 cm³/mol. The largest absolute Gasteiger partial charge is 0.460 e. The van der Waals surface area contributed by atoms with Crippen LogP contribution in [0.5, 0.6) is 0 Å². The van der Waals surface area contributed by atoms with Crippen molar-refractivity contribution in [3.05, 3.63) is 108 Å². The quantitative estimate of drug-likeness (QED) is 0.148. The molecule has 5 rings (SSSR count). The molecule has 0 unspecified atom stereocenters. The number of esters is 1. The smallest absolute Gasteiger partial charge is 0.316 e. The molecule has 0 fully saturated rings. The molecule has 0 amide bonds. The highest BCUT2D eigenvalue weighted by molar-refractivity contribution is 8.00. The van der Waals surface area contributed by atoms with Gasteiger partial charge in [0.25, 0.3) is 0 Å². The lowest BCUT2D eigenvalue weighted by Crippen LogP contribution is -2.07. The summed E-state index contributed by atoms with van der Waals surface area (Å²) in [7, 11) is 0. The first-order valence-corrected chi connectivity index (χ1v) is 12.0. The summed E-state index contributed by atoms with van der Waals surface area (Å²) >= 11 is 7.61. The van der Waals surface area contributed by atoms with Gasteiger partial charge in [0.05, 0.1) is 11.1 Å². The average molecular weight is 486 g/mol. The lowest BCUT2D eigenvalue weighted by atomic mass is 10.1. The van der Waals surface area contributed by atoms with Gasteiger partial charge in [0.2, 0.25) is 0 Å². The number of hydrogen-bond acceptors (Lipinski definition) is 5. The normalized spacial score (nSPS) is 11.0. The summed E-state index contributed by atoms with van der Waals surface area (Å²) in [5, 5.41) is 2.25. The van der Waals surface area contributed by atoms with Crippen LogP contribution in [-0.2, 0) is 16.1 Å². The van der Waals surface area contributed by atoms with Gasteiger partial charge in [-0.15, -0.1) is 0 Å². The van der Waals surface area contributed by atoms with E-state index in [1.54, 1.807) is 0 Å². The van der Waals surface area contributed by atoms with Crippen molar-refractivity contribution >= 4 is 40.4 Å². The Hall–Kier alpha value is -3.61. The number of hydrogen-bond donors (Lipinski definition) is 0. The van der Waals surface area contributed by atoms with Crippen LogP contribution in [0.2, 0.25) is 5.02 Å². The summed E-state index contributed by atoms with van der Waals surface area (Å²) in [4.78, 5) is 21.5. The number of aromatic nitrogens is 3. The van der Waals surface area contributed by atoms with E-state index in [0.717, 1.165) is 38.4 Å². The van der Waals surface area contributed by atoms with Crippen LogP contribution in [0.1, 0.15) is 5.56 Å². The predicted octanol–water partition coefficient (Wildman–Crippen LogP) is 6.58. The number of fused-ring (bicyclic) bond motifs is 1. The second kappa shape index (κ2) is 10.1. The van der Waals surface area contributed by atoms with Gasteiger partial charge in [-0.05, 0) is 29.3 Å². The number of rotatable bonds is 7. The third-order valence-electron chi connectivity index (χ3n) is 5.29. The highest BCUT2D eigenvalue weighted by atomic mass is 35.5. The lowest BCUT2D eigenvalue weighted by molar-refractivity contribution is -0.141. The molecule has 5 aromatic rings. The van der Waals surface area contributed by atoms with Crippen molar-refractivity contribution in [3.8, 4) is 16.8 Å². The zero-order valence-electron chi connectivity index (χ0n) is 18.1. The average Bonchev–Trinajstić information content (AvgIpc) is 3.28. The fraction of sp³-hybridized carbons (Fsp3) is 0.0741. The van der Waals surface area contributed by atoms with Crippen molar-refractivity contribution in [1.82, 2.24) is 14.5 Å². The van der Waals surface area contributed by atoms with Crippen molar-refractivity contribution in [1.29, 1.82) is 0 Å². The van der Waals surface area contributed by atoms with E-state index in [1.807, 2.05) is 95.7 Å². The summed E-state index contributed by atoms with van der Waals surface area (Å²) in [5.41, 5.74) is 4.62. The fourth-order valence-electron chi connectivity index (χ4n) is 3.71. The van der Waals surface area contributed by atoms with Crippen molar-refractivity contribution in [2.24, 2.45) is 0 Å². The fourth-order valence-corrected chi connectivity index (χ4v) is 4.70. The topological polar surface area (TPSA) is 57.0 Å². The molecule has 3 aromatic carbocycles. The minimum absolute atomic E-state index is 0.148. The summed E-state index contributed by atoms with van der Waals surface area (Å²) in [6.45, 7) is 0.250. The Morgan fingerprint density at radius 1 is 0.941 bits per heavy atom. The van der Waals surface area contributed by atoms with Crippen molar-refractivity contribution in [2.45, 2.75) is 11.6 Å². The van der Waals surface area contributed by atoms with Crippen LogP contribution in [0.15, 0.2) is 102 Å². The Labute approximate surface area is 206 Å². The molecule has 0 aliphatic heterocycles. The Kier molecular flexibility index (Phi) is 6.60. The monoisotopic (exact) mass is 485 g/mol.